The summed E-state index contributed by atoms with van der Waals surface area (Å²) in [6.07, 6.45) is 0.363. The number of hydrogen-bond acceptors (Lipinski definition) is 2. The molecule has 1 aromatic carbocycles. The van der Waals surface area contributed by atoms with Crippen LogP contribution >= 0.6 is 15.9 Å². The van der Waals surface area contributed by atoms with Gasteiger partial charge in [0.15, 0.2) is 5.78 Å². The fourth-order valence-electron chi connectivity index (χ4n) is 1.13. The van der Waals surface area contributed by atoms with Crippen LogP contribution in [0.3, 0.4) is 0 Å². The van der Waals surface area contributed by atoms with Crippen LogP contribution in [0, 0.1) is 0 Å². The Morgan fingerprint density at radius 1 is 1.57 bits per heavy atom. The number of carbonyl (C=O) groups excluding carboxylic acids is 1. The summed E-state index contributed by atoms with van der Waals surface area (Å²) in [4.78, 5) is 11.7. The van der Waals surface area contributed by atoms with Crippen molar-refractivity contribution in [3.63, 3.8) is 0 Å². The van der Waals surface area contributed by atoms with E-state index >= 15 is 0 Å². The third-order valence-corrected chi connectivity index (χ3v) is 2.44. The minimum absolute atomic E-state index is 0.0386. The van der Waals surface area contributed by atoms with E-state index in [-0.39, 0.29) is 5.78 Å². The summed E-state index contributed by atoms with van der Waals surface area (Å²) in [5, 5.41) is 0. The number of nitrogens with two attached hydrogens (primary N) is 1. The molecule has 0 heterocycles. The van der Waals surface area contributed by atoms with E-state index in [9.17, 15) is 4.79 Å². The van der Waals surface area contributed by atoms with Crippen molar-refractivity contribution >= 4 is 27.4 Å². The molecule has 0 radical (unpaired) electrons. The molecule has 2 N–H and O–H groups in total. The number of Topliss-reactive ketones (excluding diaryl/α,β-unsaturated/α-hetero) is 1. The molecule has 0 aliphatic rings. The quantitative estimate of drug-likeness (QED) is 0.511. The van der Waals surface area contributed by atoms with Gasteiger partial charge in [0.25, 0.3) is 0 Å². The largest absolute Gasteiger partial charge is 0.399 e. The monoisotopic (exact) mass is 253 g/mol. The Kier molecular flexibility index (Phi) is 3.47. The molecule has 2 nitrogen and oxygen atoms in total. The van der Waals surface area contributed by atoms with Gasteiger partial charge in [-0.1, -0.05) is 28.1 Å². The van der Waals surface area contributed by atoms with Gasteiger partial charge < -0.3 is 5.73 Å². The molecule has 14 heavy (non-hydrogen) atoms. The van der Waals surface area contributed by atoms with Gasteiger partial charge in [0.2, 0.25) is 0 Å². The highest BCUT2D eigenvalue weighted by molar-refractivity contribution is 9.10. The highest BCUT2D eigenvalue weighted by atomic mass is 79.9. The van der Waals surface area contributed by atoms with Crippen molar-refractivity contribution in [1.82, 2.24) is 0 Å². The number of anilines is 1. The molecule has 0 fully saturated rings. The first kappa shape index (κ1) is 11.0. The summed E-state index contributed by atoms with van der Waals surface area (Å²) in [5.74, 6) is 0.0386. The molecule has 1 aromatic rings. The molecule has 74 valence electrons. The van der Waals surface area contributed by atoms with Gasteiger partial charge in [-0.2, -0.15) is 0 Å². The Hall–Kier alpha value is -1.09. The molecule has 3 heteroatoms. The van der Waals surface area contributed by atoms with Gasteiger partial charge in [0.05, 0.1) is 0 Å². The van der Waals surface area contributed by atoms with Crippen LogP contribution in [0.1, 0.15) is 23.7 Å². The van der Waals surface area contributed by atoms with E-state index in [4.69, 9.17) is 5.73 Å². The third-order valence-electron chi connectivity index (χ3n) is 1.75. The van der Waals surface area contributed by atoms with Crippen molar-refractivity contribution < 1.29 is 4.79 Å². The first-order valence-corrected chi connectivity index (χ1v) is 5.02. The maximum atomic E-state index is 11.7. The predicted octanol–water partition coefficient (Wildman–Crippen LogP) is 3.18. The molecule has 0 saturated heterocycles. The van der Waals surface area contributed by atoms with Crippen LogP contribution < -0.4 is 5.73 Å². The average molecular weight is 254 g/mol. The molecule has 0 unspecified atom stereocenters. The number of hydrogen-bond donors (Lipinski definition) is 1. The Labute approximate surface area is 91.9 Å². The Balaban J connectivity index is 3.00. The predicted molar refractivity (Wildman–Crippen MR) is 62.3 cm³/mol. The van der Waals surface area contributed by atoms with E-state index in [0.29, 0.717) is 17.7 Å². The van der Waals surface area contributed by atoms with Crippen molar-refractivity contribution in [2.24, 2.45) is 0 Å². The first-order chi connectivity index (χ1) is 6.50. The minimum atomic E-state index is 0.0386. The van der Waals surface area contributed by atoms with Crippen LogP contribution in [0.5, 0.6) is 0 Å². The molecule has 0 amide bonds. The number of allylic oxidation sites excluding steroid dienone is 1. The summed E-state index contributed by atoms with van der Waals surface area (Å²) >= 11 is 3.31. The van der Waals surface area contributed by atoms with E-state index < -0.39 is 0 Å². The number of rotatable bonds is 3. The van der Waals surface area contributed by atoms with Crippen molar-refractivity contribution in [3.05, 3.63) is 40.4 Å². The molecule has 0 spiro atoms. The lowest BCUT2D eigenvalue weighted by Crippen LogP contribution is -2.01. The minimum Gasteiger partial charge on any atom is -0.399 e. The Bertz CT molecular complexity index is 385. The van der Waals surface area contributed by atoms with E-state index in [0.717, 1.165) is 10.0 Å². The second kappa shape index (κ2) is 4.42. The molecule has 0 saturated carbocycles. The molecule has 0 aromatic heterocycles. The highest BCUT2D eigenvalue weighted by Gasteiger charge is 2.10. The highest BCUT2D eigenvalue weighted by Crippen LogP contribution is 2.21. The van der Waals surface area contributed by atoms with Gasteiger partial charge in [0, 0.05) is 22.1 Å². The Morgan fingerprint density at radius 2 is 2.21 bits per heavy atom. The summed E-state index contributed by atoms with van der Waals surface area (Å²) in [5.41, 5.74) is 7.67. The summed E-state index contributed by atoms with van der Waals surface area (Å²) in [6.45, 7) is 5.54. The number of nitrogen functional groups attached to an aromatic ring is 1. The molecule has 1 rings (SSSR count). The van der Waals surface area contributed by atoms with Crippen molar-refractivity contribution in [3.8, 4) is 0 Å². The number of halogens is 1. The van der Waals surface area contributed by atoms with Crippen LogP contribution in [0.25, 0.3) is 0 Å². The molecular weight excluding hydrogens is 242 g/mol. The van der Waals surface area contributed by atoms with Crippen molar-refractivity contribution in [2.75, 3.05) is 5.73 Å². The van der Waals surface area contributed by atoms with E-state index in [1.165, 1.54) is 0 Å². The van der Waals surface area contributed by atoms with Crippen LogP contribution in [0.4, 0.5) is 5.69 Å². The molecule has 0 atom stereocenters. The maximum absolute atomic E-state index is 11.7. The molecule has 0 aliphatic heterocycles. The second-order valence-electron chi connectivity index (χ2n) is 3.30. The van der Waals surface area contributed by atoms with Crippen LogP contribution in [-0.4, -0.2) is 5.78 Å². The van der Waals surface area contributed by atoms with Gasteiger partial charge >= 0.3 is 0 Å². The van der Waals surface area contributed by atoms with Gasteiger partial charge in [0.1, 0.15) is 0 Å². The normalized spacial score (nSPS) is 9.86. The number of ketones is 1. The lowest BCUT2D eigenvalue weighted by atomic mass is 10.0. The molecular formula is C11H12BrNO. The molecule has 0 bridgehead atoms. The van der Waals surface area contributed by atoms with Crippen LogP contribution in [0.2, 0.25) is 0 Å². The smallest absolute Gasteiger partial charge is 0.168 e. The maximum Gasteiger partial charge on any atom is 0.168 e. The number of benzene rings is 1. The van der Waals surface area contributed by atoms with Crippen LogP contribution in [-0.2, 0) is 0 Å². The fourth-order valence-corrected chi connectivity index (χ4v) is 1.59. The zero-order valence-electron chi connectivity index (χ0n) is 8.01. The van der Waals surface area contributed by atoms with E-state index in [1.807, 2.05) is 6.92 Å². The average Bonchev–Trinajstić information content (AvgIpc) is 2.08. The topological polar surface area (TPSA) is 43.1 Å². The summed E-state index contributed by atoms with van der Waals surface area (Å²) in [7, 11) is 0. The van der Waals surface area contributed by atoms with Crippen molar-refractivity contribution in [2.45, 2.75) is 13.3 Å². The first-order valence-electron chi connectivity index (χ1n) is 4.23. The zero-order valence-corrected chi connectivity index (χ0v) is 9.60. The van der Waals surface area contributed by atoms with Gasteiger partial charge in [-0.15, -0.1) is 0 Å². The SMILES string of the molecule is C=C(C)CC(=O)c1cc(N)ccc1Br. The lowest BCUT2D eigenvalue weighted by molar-refractivity contribution is 0.0992. The second-order valence-corrected chi connectivity index (χ2v) is 4.15. The summed E-state index contributed by atoms with van der Waals surface area (Å²) in [6, 6.07) is 5.21. The van der Waals surface area contributed by atoms with Gasteiger partial charge in [-0.05, 0) is 25.1 Å². The third kappa shape index (κ3) is 2.70. The summed E-state index contributed by atoms with van der Waals surface area (Å²) < 4.78 is 0.776. The zero-order chi connectivity index (χ0) is 10.7. The van der Waals surface area contributed by atoms with E-state index in [1.54, 1.807) is 18.2 Å². The fraction of sp³-hybridized carbons (Fsp3) is 0.182. The van der Waals surface area contributed by atoms with E-state index in [2.05, 4.69) is 22.5 Å². The van der Waals surface area contributed by atoms with Gasteiger partial charge in [-0.25, -0.2) is 0 Å². The molecule has 0 aliphatic carbocycles. The van der Waals surface area contributed by atoms with Gasteiger partial charge in [-0.3, -0.25) is 4.79 Å². The standard InChI is InChI=1S/C11H12BrNO/c1-7(2)5-11(14)9-6-8(13)3-4-10(9)12/h3-4,6H,1,5,13H2,2H3. The lowest BCUT2D eigenvalue weighted by Gasteiger charge is -2.04. The Morgan fingerprint density at radius 3 is 2.79 bits per heavy atom. The van der Waals surface area contributed by atoms with Crippen molar-refractivity contribution in [1.29, 1.82) is 0 Å². The van der Waals surface area contributed by atoms with Crippen LogP contribution in [0.15, 0.2) is 34.8 Å². The number of carbonyl (C=O) groups is 1.